The van der Waals surface area contributed by atoms with Crippen molar-refractivity contribution in [2.24, 2.45) is 0 Å². The van der Waals surface area contributed by atoms with Crippen molar-refractivity contribution in [2.75, 3.05) is 11.4 Å². The highest BCUT2D eigenvalue weighted by Crippen LogP contribution is 2.35. The minimum atomic E-state index is -0.232. The Morgan fingerprint density at radius 2 is 2.04 bits per heavy atom. The summed E-state index contributed by atoms with van der Waals surface area (Å²) in [5, 5.41) is 9.56. The number of hydrogen-bond donors (Lipinski definition) is 2. The fourth-order valence-electron chi connectivity index (χ4n) is 3.53. The predicted octanol–water partition coefficient (Wildman–Crippen LogP) is 2.73. The van der Waals surface area contributed by atoms with Crippen molar-refractivity contribution in [1.29, 1.82) is 0 Å². The van der Waals surface area contributed by atoms with Crippen LogP contribution in [0.1, 0.15) is 49.1 Å². The topological polar surface area (TPSA) is 78.1 Å². The lowest BCUT2D eigenvalue weighted by Crippen LogP contribution is -2.40. The molecule has 0 spiro atoms. The Bertz CT molecular complexity index is 844. The van der Waals surface area contributed by atoms with Gasteiger partial charge in [-0.3, -0.25) is 9.69 Å². The molecule has 0 fully saturated rings. The number of hydrogen-bond acceptors (Lipinski definition) is 3. The molecule has 0 saturated heterocycles. The zero-order chi connectivity index (χ0) is 18.0. The standard InChI is InChI=1S/C19H24N4O2/c1-4-13-15(18(24)22-21-16(13)5-2)10-20-19(25)23-11-12(3)14-8-6-7-9-17(14)23/h6-9,12H,4-5,10-11H2,1-3H3,(H,20,25)(H,22,24)/t12-/m0/s1. The van der Waals surface area contributed by atoms with E-state index in [0.717, 1.165) is 29.8 Å². The van der Waals surface area contributed by atoms with Crippen LogP contribution in [0.5, 0.6) is 0 Å². The fraction of sp³-hybridized carbons (Fsp3) is 0.421. The van der Waals surface area contributed by atoms with E-state index in [4.69, 9.17) is 0 Å². The number of carbonyl (C=O) groups excluding carboxylic acids is 1. The van der Waals surface area contributed by atoms with Crippen molar-refractivity contribution in [3.8, 4) is 0 Å². The maximum Gasteiger partial charge on any atom is 0.322 e. The molecule has 2 N–H and O–H groups in total. The quantitative estimate of drug-likeness (QED) is 0.898. The van der Waals surface area contributed by atoms with Crippen molar-refractivity contribution in [3.05, 3.63) is 57.0 Å². The normalized spacial score (nSPS) is 16.0. The van der Waals surface area contributed by atoms with E-state index >= 15 is 0 Å². The summed E-state index contributed by atoms with van der Waals surface area (Å²) in [5.74, 6) is 0.309. The second kappa shape index (κ2) is 7.09. The van der Waals surface area contributed by atoms with Gasteiger partial charge in [-0.25, -0.2) is 9.89 Å². The molecule has 0 saturated carbocycles. The lowest BCUT2D eigenvalue weighted by molar-refractivity contribution is 0.246. The van der Waals surface area contributed by atoms with E-state index in [9.17, 15) is 9.59 Å². The number of amides is 2. The van der Waals surface area contributed by atoms with Crippen LogP contribution in [0.2, 0.25) is 0 Å². The van der Waals surface area contributed by atoms with Crippen molar-refractivity contribution in [2.45, 2.75) is 46.1 Å². The molecule has 1 aromatic heterocycles. The van der Waals surface area contributed by atoms with Gasteiger partial charge in [-0.15, -0.1) is 0 Å². The Morgan fingerprint density at radius 3 is 2.76 bits per heavy atom. The van der Waals surface area contributed by atoms with E-state index in [1.54, 1.807) is 4.90 Å². The van der Waals surface area contributed by atoms with Crippen molar-refractivity contribution in [3.63, 3.8) is 0 Å². The smallest absolute Gasteiger partial charge is 0.322 e. The van der Waals surface area contributed by atoms with Crippen LogP contribution < -0.4 is 15.8 Å². The number of fused-ring (bicyclic) bond motifs is 1. The maximum atomic E-state index is 12.7. The van der Waals surface area contributed by atoms with E-state index in [2.05, 4.69) is 28.5 Å². The summed E-state index contributed by atoms with van der Waals surface area (Å²) in [6.45, 7) is 6.98. The minimum Gasteiger partial charge on any atom is -0.333 e. The summed E-state index contributed by atoms with van der Waals surface area (Å²) in [6, 6.07) is 7.78. The van der Waals surface area contributed by atoms with E-state index in [1.807, 2.05) is 32.0 Å². The third-order valence-electron chi connectivity index (χ3n) is 4.84. The first kappa shape index (κ1) is 17.2. The fourth-order valence-corrected chi connectivity index (χ4v) is 3.53. The van der Waals surface area contributed by atoms with Gasteiger partial charge in [-0.05, 0) is 30.0 Å². The molecule has 2 aromatic rings. The van der Waals surface area contributed by atoms with Crippen molar-refractivity contribution < 1.29 is 4.79 Å². The number of para-hydroxylation sites is 1. The van der Waals surface area contributed by atoms with Crippen LogP contribution in [-0.4, -0.2) is 22.8 Å². The molecular weight excluding hydrogens is 316 g/mol. The van der Waals surface area contributed by atoms with Crippen molar-refractivity contribution >= 4 is 11.7 Å². The average Bonchev–Trinajstić information content (AvgIpc) is 2.97. The molecule has 1 atom stereocenters. The summed E-state index contributed by atoms with van der Waals surface area (Å²) in [6.07, 6.45) is 1.47. The second-order valence-corrected chi connectivity index (χ2v) is 6.39. The van der Waals surface area contributed by atoms with Gasteiger partial charge in [0.1, 0.15) is 0 Å². The number of urea groups is 1. The predicted molar refractivity (Wildman–Crippen MR) is 98.1 cm³/mol. The zero-order valence-electron chi connectivity index (χ0n) is 14.9. The molecule has 1 aliphatic rings. The highest BCUT2D eigenvalue weighted by atomic mass is 16.2. The molecule has 0 radical (unpaired) electrons. The van der Waals surface area contributed by atoms with Crippen LogP contribution in [-0.2, 0) is 19.4 Å². The Balaban J connectivity index is 1.79. The molecule has 1 aliphatic heterocycles. The number of benzene rings is 1. The number of rotatable bonds is 4. The number of carbonyl (C=O) groups is 1. The van der Waals surface area contributed by atoms with Gasteiger partial charge in [0.15, 0.2) is 0 Å². The first-order valence-electron chi connectivity index (χ1n) is 8.80. The number of aromatic amines is 1. The van der Waals surface area contributed by atoms with Crippen LogP contribution >= 0.6 is 0 Å². The Kier molecular flexibility index (Phi) is 4.88. The van der Waals surface area contributed by atoms with Gasteiger partial charge in [0, 0.05) is 23.7 Å². The molecular formula is C19H24N4O2. The van der Waals surface area contributed by atoms with Gasteiger partial charge < -0.3 is 5.32 Å². The van der Waals surface area contributed by atoms with E-state index in [1.165, 1.54) is 5.56 Å². The summed E-state index contributed by atoms with van der Waals surface area (Å²) >= 11 is 0. The first-order chi connectivity index (χ1) is 12.1. The lowest BCUT2D eigenvalue weighted by atomic mass is 10.0. The lowest BCUT2D eigenvalue weighted by Gasteiger charge is -2.19. The Hall–Kier alpha value is -2.63. The third kappa shape index (κ3) is 3.16. The van der Waals surface area contributed by atoms with E-state index in [0.29, 0.717) is 18.0 Å². The molecule has 132 valence electrons. The summed E-state index contributed by atoms with van der Waals surface area (Å²) in [4.78, 5) is 26.6. The summed E-state index contributed by atoms with van der Waals surface area (Å²) in [5.41, 5.74) is 4.31. The van der Waals surface area contributed by atoms with Gasteiger partial charge >= 0.3 is 6.03 Å². The van der Waals surface area contributed by atoms with Crippen LogP contribution in [0, 0.1) is 0 Å². The second-order valence-electron chi connectivity index (χ2n) is 6.39. The molecule has 0 aliphatic carbocycles. The molecule has 25 heavy (non-hydrogen) atoms. The molecule has 6 heteroatoms. The van der Waals surface area contributed by atoms with Gasteiger partial charge in [0.2, 0.25) is 0 Å². The van der Waals surface area contributed by atoms with Crippen LogP contribution in [0.3, 0.4) is 0 Å². The monoisotopic (exact) mass is 340 g/mol. The third-order valence-corrected chi connectivity index (χ3v) is 4.84. The van der Waals surface area contributed by atoms with Gasteiger partial charge in [-0.2, -0.15) is 5.10 Å². The molecule has 2 amide bonds. The number of aryl methyl sites for hydroxylation is 1. The van der Waals surface area contributed by atoms with E-state index < -0.39 is 0 Å². The number of H-pyrrole nitrogens is 1. The first-order valence-corrected chi connectivity index (χ1v) is 8.80. The van der Waals surface area contributed by atoms with Gasteiger partial charge in [-0.1, -0.05) is 39.0 Å². The number of nitrogens with zero attached hydrogens (tertiary/aromatic N) is 2. The average molecular weight is 340 g/mol. The Labute approximate surface area is 147 Å². The van der Waals surface area contributed by atoms with Gasteiger partial charge in [0.05, 0.1) is 12.2 Å². The summed E-state index contributed by atoms with van der Waals surface area (Å²) in [7, 11) is 0. The zero-order valence-corrected chi connectivity index (χ0v) is 14.9. The maximum absolute atomic E-state index is 12.7. The number of aromatic nitrogens is 2. The van der Waals surface area contributed by atoms with Crippen LogP contribution in [0.4, 0.5) is 10.5 Å². The van der Waals surface area contributed by atoms with Gasteiger partial charge in [0.25, 0.3) is 5.56 Å². The van der Waals surface area contributed by atoms with Crippen LogP contribution in [0.15, 0.2) is 29.1 Å². The number of anilines is 1. The molecule has 0 unspecified atom stereocenters. The SMILES string of the molecule is CCc1n[nH]c(=O)c(CNC(=O)N2C[C@H](C)c3ccccc32)c1CC. The highest BCUT2D eigenvalue weighted by molar-refractivity contribution is 5.94. The van der Waals surface area contributed by atoms with E-state index in [-0.39, 0.29) is 18.1 Å². The van der Waals surface area contributed by atoms with Crippen LogP contribution in [0.25, 0.3) is 0 Å². The largest absolute Gasteiger partial charge is 0.333 e. The number of nitrogens with one attached hydrogen (secondary N) is 2. The van der Waals surface area contributed by atoms with Crippen molar-refractivity contribution in [1.82, 2.24) is 15.5 Å². The highest BCUT2D eigenvalue weighted by Gasteiger charge is 2.29. The summed E-state index contributed by atoms with van der Waals surface area (Å²) < 4.78 is 0. The molecule has 6 nitrogen and oxygen atoms in total. The molecule has 2 heterocycles. The minimum absolute atomic E-state index is 0.173. The molecule has 1 aromatic carbocycles. The Morgan fingerprint density at radius 1 is 1.28 bits per heavy atom. The molecule has 3 rings (SSSR count). The molecule has 0 bridgehead atoms.